The number of anilines is 2. The standard InChI is InChI=1S/C22H21FN6O/c1-14-20(16-4-8-25-9-5-16)27-28-21(14)26-22(30)17-6-10-29(11-7-17)19-3-2-15(13-24)12-18(19)23/h2-5,8-9,12,17H,6-7,10-11H2,1H3,(H2,26,27,28,30). The minimum atomic E-state index is -0.409. The second-order valence-electron chi connectivity index (χ2n) is 7.34. The summed E-state index contributed by atoms with van der Waals surface area (Å²) < 4.78 is 14.3. The van der Waals surface area contributed by atoms with E-state index in [4.69, 9.17) is 5.26 Å². The summed E-state index contributed by atoms with van der Waals surface area (Å²) in [6.45, 7) is 3.05. The van der Waals surface area contributed by atoms with Gasteiger partial charge in [0.15, 0.2) is 5.82 Å². The number of hydrogen-bond acceptors (Lipinski definition) is 5. The average molecular weight is 404 g/mol. The van der Waals surface area contributed by atoms with Gasteiger partial charge in [-0.15, -0.1) is 0 Å². The second kappa shape index (κ2) is 8.33. The van der Waals surface area contributed by atoms with Gasteiger partial charge in [-0.05, 0) is 50.1 Å². The van der Waals surface area contributed by atoms with E-state index in [9.17, 15) is 9.18 Å². The molecule has 7 nitrogen and oxygen atoms in total. The molecule has 8 heteroatoms. The lowest BCUT2D eigenvalue weighted by Crippen LogP contribution is -2.38. The number of nitrogens with one attached hydrogen (secondary N) is 2. The molecule has 1 fully saturated rings. The normalized spacial score (nSPS) is 14.4. The molecule has 0 unspecified atom stereocenters. The molecule has 2 N–H and O–H groups in total. The predicted octanol–water partition coefficient (Wildman–Crippen LogP) is 3.65. The number of nitrogens with zero attached hydrogens (tertiary/aromatic N) is 4. The van der Waals surface area contributed by atoms with Crippen LogP contribution in [0.15, 0.2) is 42.7 Å². The van der Waals surface area contributed by atoms with Gasteiger partial charge in [-0.1, -0.05) is 0 Å². The first kappa shape index (κ1) is 19.6. The molecule has 1 aromatic carbocycles. The Morgan fingerprint density at radius 2 is 2.00 bits per heavy atom. The van der Waals surface area contributed by atoms with E-state index in [1.807, 2.05) is 30.0 Å². The van der Waals surface area contributed by atoms with Crippen molar-refractivity contribution in [2.75, 3.05) is 23.3 Å². The van der Waals surface area contributed by atoms with Crippen LogP contribution in [0.4, 0.5) is 15.9 Å². The van der Waals surface area contributed by atoms with Gasteiger partial charge in [-0.2, -0.15) is 10.4 Å². The van der Waals surface area contributed by atoms with Crippen LogP contribution in [0.2, 0.25) is 0 Å². The van der Waals surface area contributed by atoms with Crippen molar-refractivity contribution >= 4 is 17.4 Å². The zero-order chi connectivity index (χ0) is 21.1. The number of halogens is 1. The fourth-order valence-electron chi connectivity index (χ4n) is 3.75. The van der Waals surface area contributed by atoms with Crippen molar-refractivity contribution in [3.8, 4) is 17.3 Å². The van der Waals surface area contributed by atoms with Crippen LogP contribution in [0, 0.1) is 30.0 Å². The van der Waals surface area contributed by atoms with Gasteiger partial charge < -0.3 is 10.2 Å². The van der Waals surface area contributed by atoms with Crippen LogP contribution in [0.5, 0.6) is 0 Å². The maximum absolute atomic E-state index is 14.3. The monoisotopic (exact) mass is 404 g/mol. The highest BCUT2D eigenvalue weighted by atomic mass is 19.1. The highest BCUT2D eigenvalue weighted by Crippen LogP contribution is 2.29. The Bertz CT molecular complexity index is 1100. The number of aromatic amines is 1. The van der Waals surface area contributed by atoms with Crippen molar-refractivity contribution in [1.29, 1.82) is 5.26 Å². The number of rotatable bonds is 4. The highest BCUT2D eigenvalue weighted by Gasteiger charge is 2.27. The Morgan fingerprint density at radius 1 is 1.27 bits per heavy atom. The molecule has 1 amide bonds. The number of benzene rings is 1. The summed E-state index contributed by atoms with van der Waals surface area (Å²) in [4.78, 5) is 18.7. The van der Waals surface area contributed by atoms with Gasteiger partial charge in [-0.25, -0.2) is 4.39 Å². The van der Waals surface area contributed by atoms with Crippen molar-refractivity contribution in [2.45, 2.75) is 19.8 Å². The van der Waals surface area contributed by atoms with Crippen LogP contribution in [-0.2, 0) is 4.79 Å². The summed E-state index contributed by atoms with van der Waals surface area (Å²) in [6.07, 6.45) is 4.65. The third-order valence-electron chi connectivity index (χ3n) is 5.50. The van der Waals surface area contributed by atoms with Crippen LogP contribution < -0.4 is 10.2 Å². The number of carbonyl (C=O) groups is 1. The first-order valence-electron chi connectivity index (χ1n) is 9.77. The lowest BCUT2D eigenvalue weighted by atomic mass is 9.95. The molecular formula is C22H21FN6O. The number of H-pyrrole nitrogens is 1. The van der Waals surface area contributed by atoms with Crippen molar-refractivity contribution in [3.05, 3.63) is 59.7 Å². The summed E-state index contributed by atoms with van der Waals surface area (Å²) in [7, 11) is 0. The molecule has 30 heavy (non-hydrogen) atoms. The number of pyridine rings is 1. The Hall–Kier alpha value is -3.73. The highest BCUT2D eigenvalue weighted by molar-refractivity contribution is 5.93. The zero-order valence-electron chi connectivity index (χ0n) is 16.5. The predicted molar refractivity (Wildman–Crippen MR) is 111 cm³/mol. The van der Waals surface area contributed by atoms with Crippen LogP contribution in [-0.4, -0.2) is 34.2 Å². The summed E-state index contributed by atoms with van der Waals surface area (Å²) >= 11 is 0. The van der Waals surface area contributed by atoms with Gasteiger partial charge in [0.2, 0.25) is 5.91 Å². The van der Waals surface area contributed by atoms with E-state index in [0.717, 1.165) is 16.8 Å². The lowest BCUT2D eigenvalue weighted by molar-refractivity contribution is -0.120. The van der Waals surface area contributed by atoms with Crippen molar-refractivity contribution in [2.24, 2.45) is 5.92 Å². The minimum absolute atomic E-state index is 0.0779. The SMILES string of the molecule is Cc1c(NC(=O)C2CCN(c3ccc(C#N)cc3F)CC2)n[nH]c1-c1ccncc1. The van der Waals surface area contributed by atoms with E-state index in [1.165, 1.54) is 6.07 Å². The summed E-state index contributed by atoms with van der Waals surface area (Å²) in [5.41, 5.74) is 3.43. The number of nitriles is 1. The molecule has 0 atom stereocenters. The molecule has 3 aromatic rings. The molecule has 1 saturated heterocycles. The van der Waals surface area contributed by atoms with Crippen LogP contribution >= 0.6 is 0 Å². The average Bonchev–Trinajstić information content (AvgIpc) is 3.14. The molecule has 0 radical (unpaired) electrons. The Kier molecular flexibility index (Phi) is 5.44. The summed E-state index contributed by atoms with van der Waals surface area (Å²) in [6, 6.07) is 10.2. The second-order valence-corrected chi connectivity index (χ2v) is 7.34. The van der Waals surface area contributed by atoms with Gasteiger partial charge in [0.25, 0.3) is 0 Å². The summed E-state index contributed by atoms with van der Waals surface area (Å²) in [5, 5.41) is 19.0. The van der Waals surface area contributed by atoms with Crippen molar-refractivity contribution in [1.82, 2.24) is 15.2 Å². The molecule has 2 aromatic heterocycles. The van der Waals surface area contributed by atoms with Gasteiger partial charge in [0, 0.05) is 42.5 Å². The Balaban J connectivity index is 1.39. The molecule has 0 saturated carbocycles. The van der Waals surface area contributed by atoms with Crippen LogP contribution in [0.3, 0.4) is 0 Å². The number of aromatic nitrogens is 3. The fourth-order valence-corrected chi connectivity index (χ4v) is 3.75. The fraction of sp³-hybridized carbons (Fsp3) is 0.273. The van der Waals surface area contributed by atoms with E-state index in [-0.39, 0.29) is 11.8 Å². The van der Waals surface area contributed by atoms with E-state index >= 15 is 0 Å². The smallest absolute Gasteiger partial charge is 0.228 e. The number of carbonyl (C=O) groups excluding carboxylic acids is 1. The quantitative estimate of drug-likeness (QED) is 0.692. The van der Waals surface area contributed by atoms with Gasteiger partial charge in [-0.3, -0.25) is 14.9 Å². The van der Waals surface area contributed by atoms with Gasteiger partial charge in [0.05, 0.1) is 23.0 Å². The van der Waals surface area contributed by atoms with Crippen LogP contribution in [0.1, 0.15) is 24.0 Å². The lowest BCUT2D eigenvalue weighted by Gasteiger charge is -2.33. The van der Waals surface area contributed by atoms with E-state index in [1.54, 1.807) is 24.5 Å². The van der Waals surface area contributed by atoms with Crippen LogP contribution in [0.25, 0.3) is 11.3 Å². The van der Waals surface area contributed by atoms with Crippen molar-refractivity contribution in [3.63, 3.8) is 0 Å². The zero-order valence-corrected chi connectivity index (χ0v) is 16.5. The first-order chi connectivity index (χ1) is 14.6. The first-order valence-corrected chi connectivity index (χ1v) is 9.77. The molecule has 0 spiro atoms. The molecule has 1 aliphatic heterocycles. The molecule has 0 aliphatic carbocycles. The van der Waals surface area contributed by atoms with E-state index in [2.05, 4.69) is 20.5 Å². The molecule has 0 bridgehead atoms. The largest absolute Gasteiger partial charge is 0.369 e. The number of hydrogen-bond donors (Lipinski definition) is 2. The Morgan fingerprint density at radius 3 is 2.67 bits per heavy atom. The molecule has 4 rings (SSSR count). The van der Waals surface area contributed by atoms with Gasteiger partial charge >= 0.3 is 0 Å². The number of piperidine rings is 1. The van der Waals surface area contributed by atoms with Crippen molar-refractivity contribution < 1.29 is 9.18 Å². The summed E-state index contributed by atoms with van der Waals surface area (Å²) in [5.74, 6) is -0.130. The maximum Gasteiger partial charge on any atom is 0.228 e. The van der Waals surface area contributed by atoms with Gasteiger partial charge in [0.1, 0.15) is 5.82 Å². The maximum atomic E-state index is 14.3. The molecule has 1 aliphatic rings. The van der Waals surface area contributed by atoms with E-state index < -0.39 is 5.82 Å². The topological polar surface area (TPSA) is 97.7 Å². The third-order valence-corrected chi connectivity index (χ3v) is 5.50. The minimum Gasteiger partial charge on any atom is -0.369 e. The van der Waals surface area contributed by atoms with E-state index in [0.29, 0.717) is 43.0 Å². The molecule has 3 heterocycles. The molecule has 152 valence electrons. The third kappa shape index (κ3) is 3.87. The number of amides is 1. The Labute approximate surface area is 173 Å². The molecular weight excluding hydrogens is 383 g/mol.